The third kappa shape index (κ3) is 3.89. The van der Waals surface area contributed by atoms with Crippen LogP contribution in [0.5, 0.6) is 0 Å². The van der Waals surface area contributed by atoms with Crippen molar-refractivity contribution < 1.29 is 4.79 Å². The second-order valence-corrected chi connectivity index (χ2v) is 9.33. The number of aromatic nitrogens is 4. The first-order valence-electron chi connectivity index (χ1n) is 11.2. The van der Waals surface area contributed by atoms with Gasteiger partial charge in [-0.1, -0.05) is 30.3 Å². The standard InChI is InChI=1S/C28H24N6O/c1-28(2,16-29)21-8-5-17(6-9-21)26-25-22-12-18(7-10-23(22)31-15-24(25)32-33-26)19-11-20(14-30-13-19)27(35)34(3)4/h5-15H,1-4H3,(H,32,33). The van der Waals surface area contributed by atoms with E-state index in [9.17, 15) is 10.1 Å². The molecule has 7 nitrogen and oxygen atoms in total. The zero-order valence-electron chi connectivity index (χ0n) is 20.0. The van der Waals surface area contributed by atoms with Gasteiger partial charge in [0.25, 0.3) is 5.91 Å². The lowest BCUT2D eigenvalue weighted by atomic mass is 9.86. The van der Waals surface area contributed by atoms with Gasteiger partial charge in [0.15, 0.2) is 0 Å². The number of fused-ring (bicyclic) bond motifs is 3. The molecule has 0 atom stereocenters. The van der Waals surface area contributed by atoms with Crippen LogP contribution < -0.4 is 0 Å². The Morgan fingerprint density at radius 2 is 1.71 bits per heavy atom. The van der Waals surface area contributed by atoms with Crippen molar-refractivity contribution in [3.63, 3.8) is 0 Å². The Balaban J connectivity index is 1.65. The van der Waals surface area contributed by atoms with Crippen LogP contribution in [0.3, 0.4) is 0 Å². The van der Waals surface area contributed by atoms with E-state index in [1.165, 1.54) is 4.90 Å². The number of nitrogens with zero attached hydrogens (tertiary/aromatic N) is 5. The van der Waals surface area contributed by atoms with Gasteiger partial charge in [-0.15, -0.1) is 0 Å². The predicted molar refractivity (Wildman–Crippen MR) is 137 cm³/mol. The molecule has 5 rings (SSSR count). The lowest BCUT2D eigenvalue weighted by Gasteiger charge is -2.15. The number of aromatic amines is 1. The molecule has 3 heterocycles. The minimum Gasteiger partial charge on any atom is -0.345 e. The van der Waals surface area contributed by atoms with Gasteiger partial charge in [-0.05, 0) is 43.2 Å². The quantitative estimate of drug-likeness (QED) is 0.390. The van der Waals surface area contributed by atoms with Gasteiger partial charge < -0.3 is 4.90 Å². The number of carbonyl (C=O) groups excluding carboxylic acids is 1. The molecule has 0 aliphatic heterocycles. The molecule has 172 valence electrons. The summed E-state index contributed by atoms with van der Waals surface area (Å²) in [5, 5.41) is 19.1. The van der Waals surface area contributed by atoms with Gasteiger partial charge in [-0.3, -0.25) is 19.9 Å². The Morgan fingerprint density at radius 3 is 2.43 bits per heavy atom. The number of nitriles is 1. The largest absolute Gasteiger partial charge is 0.345 e. The smallest absolute Gasteiger partial charge is 0.254 e. The van der Waals surface area contributed by atoms with E-state index in [4.69, 9.17) is 0 Å². The molecule has 7 heteroatoms. The van der Waals surface area contributed by atoms with Crippen LogP contribution in [0.1, 0.15) is 29.8 Å². The highest BCUT2D eigenvalue weighted by molar-refractivity contribution is 6.11. The highest BCUT2D eigenvalue weighted by Crippen LogP contribution is 2.35. The number of benzene rings is 2. The Hall–Kier alpha value is -4.57. The molecule has 0 aliphatic carbocycles. The minimum absolute atomic E-state index is 0.0932. The molecule has 0 radical (unpaired) electrons. The number of nitrogens with one attached hydrogen (secondary N) is 1. The molecular formula is C28H24N6O. The van der Waals surface area contributed by atoms with Gasteiger partial charge in [0.05, 0.1) is 34.3 Å². The van der Waals surface area contributed by atoms with Crippen LogP contribution in [0.4, 0.5) is 0 Å². The SMILES string of the molecule is CN(C)C(=O)c1cncc(-c2ccc3ncc4[nH]nc(-c5ccc(C(C)(C)C#N)cc5)c4c3c2)c1. The van der Waals surface area contributed by atoms with Gasteiger partial charge in [-0.25, -0.2) is 0 Å². The molecular weight excluding hydrogens is 436 g/mol. The number of H-pyrrole nitrogens is 1. The average Bonchev–Trinajstić information content (AvgIpc) is 3.33. The number of hydrogen-bond acceptors (Lipinski definition) is 5. The van der Waals surface area contributed by atoms with Gasteiger partial charge in [0, 0.05) is 48.4 Å². The fraction of sp³-hybridized carbons (Fsp3) is 0.179. The highest BCUT2D eigenvalue weighted by Gasteiger charge is 2.20. The number of hydrogen-bond donors (Lipinski definition) is 1. The predicted octanol–water partition coefficient (Wildman–Crippen LogP) is 5.34. The van der Waals surface area contributed by atoms with Crippen molar-refractivity contribution in [3.05, 3.63) is 78.2 Å². The van der Waals surface area contributed by atoms with Gasteiger partial charge >= 0.3 is 0 Å². The monoisotopic (exact) mass is 460 g/mol. The molecule has 5 aromatic rings. The van der Waals surface area contributed by atoms with Crippen molar-refractivity contribution in [1.29, 1.82) is 5.26 Å². The number of pyridine rings is 2. The Bertz CT molecular complexity index is 1620. The van der Waals surface area contributed by atoms with Crippen LogP contribution in [0.15, 0.2) is 67.1 Å². The first-order chi connectivity index (χ1) is 16.8. The molecule has 2 aromatic carbocycles. The summed E-state index contributed by atoms with van der Waals surface area (Å²) in [6.07, 6.45) is 5.13. The summed E-state index contributed by atoms with van der Waals surface area (Å²) in [5.74, 6) is -0.0932. The van der Waals surface area contributed by atoms with Gasteiger partial charge in [0.1, 0.15) is 5.69 Å². The Labute approximate surface area is 203 Å². The van der Waals surface area contributed by atoms with Crippen LogP contribution in [0.2, 0.25) is 0 Å². The maximum Gasteiger partial charge on any atom is 0.254 e. The molecule has 0 saturated carbocycles. The van der Waals surface area contributed by atoms with E-state index in [-0.39, 0.29) is 5.91 Å². The molecule has 0 fully saturated rings. The number of rotatable bonds is 4. The molecule has 1 amide bonds. The van der Waals surface area contributed by atoms with E-state index in [1.807, 2.05) is 56.3 Å². The highest BCUT2D eigenvalue weighted by atomic mass is 16.2. The summed E-state index contributed by atoms with van der Waals surface area (Å²) in [5.41, 5.74) is 6.17. The molecule has 0 bridgehead atoms. The maximum absolute atomic E-state index is 12.4. The zero-order chi connectivity index (χ0) is 24.7. The van der Waals surface area contributed by atoms with E-state index in [2.05, 4.69) is 32.3 Å². The van der Waals surface area contributed by atoms with Crippen LogP contribution in [-0.4, -0.2) is 45.1 Å². The average molecular weight is 461 g/mol. The van der Waals surface area contributed by atoms with Crippen LogP contribution in [0, 0.1) is 11.3 Å². The second kappa shape index (κ2) is 8.33. The third-order valence-corrected chi connectivity index (χ3v) is 6.28. The Morgan fingerprint density at radius 1 is 0.971 bits per heavy atom. The topological polar surface area (TPSA) is 98.6 Å². The second-order valence-electron chi connectivity index (χ2n) is 9.33. The van der Waals surface area contributed by atoms with Crippen LogP contribution >= 0.6 is 0 Å². The summed E-state index contributed by atoms with van der Waals surface area (Å²) in [6, 6.07) is 18.2. The van der Waals surface area contributed by atoms with Crippen molar-refractivity contribution in [2.45, 2.75) is 19.3 Å². The van der Waals surface area contributed by atoms with Crippen molar-refractivity contribution >= 4 is 27.7 Å². The molecule has 0 saturated heterocycles. The van der Waals surface area contributed by atoms with E-state index in [0.29, 0.717) is 5.56 Å². The van der Waals surface area contributed by atoms with E-state index in [0.717, 1.165) is 49.8 Å². The number of carbonyl (C=O) groups is 1. The molecule has 0 spiro atoms. The molecule has 35 heavy (non-hydrogen) atoms. The van der Waals surface area contributed by atoms with E-state index in [1.54, 1.807) is 32.7 Å². The lowest BCUT2D eigenvalue weighted by molar-refractivity contribution is 0.0827. The first kappa shape index (κ1) is 22.2. The van der Waals surface area contributed by atoms with Crippen molar-refractivity contribution in [2.75, 3.05) is 14.1 Å². The minimum atomic E-state index is -0.561. The normalized spacial score (nSPS) is 11.5. The van der Waals surface area contributed by atoms with Crippen molar-refractivity contribution in [2.24, 2.45) is 0 Å². The fourth-order valence-electron chi connectivity index (χ4n) is 4.18. The van der Waals surface area contributed by atoms with Gasteiger partial charge in [-0.2, -0.15) is 10.4 Å². The zero-order valence-corrected chi connectivity index (χ0v) is 20.0. The lowest BCUT2D eigenvalue weighted by Crippen LogP contribution is -2.21. The Kier molecular flexibility index (Phi) is 5.29. The summed E-state index contributed by atoms with van der Waals surface area (Å²) in [4.78, 5) is 22.9. The summed E-state index contributed by atoms with van der Waals surface area (Å²) in [7, 11) is 3.45. The van der Waals surface area contributed by atoms with Crippen molar-refractivity contribution in [3.8, 4) is 28.5 Å². The summed E-state index contributed by atoms with van der Waals surface area (Å²) in [6.45, 7) is 3.81. The summed E-state index contributed by atoms with van der Waals surface area (Å²) < 4.78 is 0. The van der Waals surface area contributed by atoms with E-state index < -0.39 is 5.41 Å². The van der Waals surface area contributed by atoms with Crippen LogP contribution in [0.25, 0.3) is 44.2 Å². The van der Waals surface area contributed by atoms with Crippen LogP contribution in [-0.2, 0) is 5.41 Å². The fourth-order valence-corrected chi connectivity index (χ4v) is 4.18. The molecule has 1 N–H and O–H groups in total. The summed E-state index contributed by atoms with van der Waals surface area (Å²) >= 11 is 0. The van der Waals surface area contributed by atoms with E-state index >= 15 is 0 Å². The molecule has 0 aliphatic rings. The first-order valence-corrected chi connectivity index (χ1v) is 11.2. The maximum atomic E-state index is 12.4. The molecule has 0 unspecified atom stereocenters. The molecule has 3 aromatic heterocycles. The number of amides is 1. The third-order valence-electron chi connectivity index (χ3n) is 6.28. The van der Waals surface area contributed by atoms with Crippen molar-refractivity contribution in [1.82, 2.24) is 25.1 Å². The van der Waals surface area contributed by atoms with Gasteiger partial charge in [0.2, 0.25) is 0 Å².